The second-order valence-corrected chi connectivity index (χ2v) is 6.29. The van der Waals surface area contributed by atoms with Crippen LogP contribution < -0.4 is 14.2 Å². The maximum Gasteiger partial charge on any atom is 0.165 e. The lowest BCUT2D eigenvalue weighted by Gasteiger charge is -2.28. The van der Waals surface area contributed by atoms with Crippen molar-refractivity contribution in [2.75, 3.05) is 32.9 Å². The maximum absolute atomic E-state index is 6.12. The molecule has 1 atom stereocenters. The fourth-order valence-corrected chi connectivity index (χ4v) is 3.43. The molecule has 4 heteroatoms. The lowest BCUT2D eigenvalue weighted by Crippen LogP contribution is -2.30. The Balaban J connectivity index is 1.48. The van der Waals surface area contributed by atoms with Crippen LogP contribution in [0.15, 0.2) is 48.5 Å². The summed E-state index contributed by atoms with van der Waals surface area (Å²) in [4.78, 5) is 2.52. The van der Waals surface area contributed by atoms with Gasteiger partial charge in [0.1, 0.15) is 25.6 Å². The molecular weight excluding hydrogens is 302 g/mol. The highest BCUT2D eigenvalue weighted by Crippen LogP contribution is 2.34. The van der Waals surface area contributed by atoms with E-state index in [1.165, 1.54) is 18.4 Å². The highest BCUT2D eigenvalue weighted by molar-refractivity contribution is 5.46. The Bertz CT molecular complexity index is 668. The summed E-state index contributed by atoms with van der Waals surface area (Å²) in [6.45, 7) is 4.13. The maximum atomic E-state index is 6.12. The van der Waals surface area contributed by atoms with Crippen molar-refractivity contribution in [1.82, 2.24) is 4.90 Å². The molecule has 1 fully saturated rings. The van der Waals surface area contributed by atoms with Crippen molar-refractivity contribution in [1.29, 1.82) is 0 Å². The van der Waals surface area contributed by atoms with E-state index in [4.69, 9.17) is 14.2 Å². The fourth-order valence-electron chi connectivity index (χ4n) is 3.43. The number of rotatable bonds is 5. The van der Waals surface area contributed by atoms with Crippen LogP contribution in [-0.4, -0.2) is 37.8 Å². The van der Waals surface area contributed by atoms with E-state index in [9.17, 15) is 0 Å². The van der Waals surface area contributed by atoms with Gasteiger partial charge in [-0.15, -0.1) is 0 Å². The van der Waals surface area contributed by atoms with Gasteiger partial charge in [0.2, 0.25) is 0 Å². The molecule has 2 aromatic rings. The molecular formula is C20H23NO3. The molecule has 1 unspecified atom stereocenters. The van der Waals surface area contributed by atoms with Crippen molar-refractivity contribution < 1.29 is 14.2 Å². The van der Waals surface area contributed by atoms with Gasteiger partial charge in [0.15, 0.2) is 11.5 Å². The van der Waals surface area contributed by atoms with Gasteiger partial charge in [0, 0.05) is 6.07 Å². The van der Waals surface area contributed by atoms with Crippen LogP contribution >= 0.6 is 0 Å². The van der Waals surface area contributed by atoms with Crippen molar-refractivity contribution in [3.63, 3.8) is 0 Å². The van der Waals surface area contributed by atoms with E-state index >= 15 is 0 Å². The molecule has 0 aliphatic carbocycles. The number of ether oxygens (including phenoxy) is 3. The normalized spacial score (nSPS) is 18.3. The van der Waals surface area contributed by atoms with Crippen LogP contribution in [-0.2, 0) is 0 Å². The molecule has 2 aliphatic heterocycles. The lowest BCUT2D eigenvalue weighted by atomic mass is 10.1. The Morgan fingerprint density at radius 2 is 1.67 bits per heavy atom. The van der Waals surface area contributed by atoms with Gasteiger partial charge in [0.05, 0.1) is 6.04 Å². The van der Waals surface area contributed by atoms with Crippen molar-refractivity contribution in [3.05, 3.63) is 54.1 Å². The van der Waals surface area contributed by atoms with Crippen LogP contribution in [0, 0.1) is 0 Å². The van der Waals surface area contributed by atoms with Crippen LogP contribution in [0.4, 0.5) is 0 Å². The summed E-state index contributed by atoms with van der Waals surface area (Å²) in [5, 5.41) is 0. The van der Waals surface area contributed by atoms with E-state index < -0.39 is 0 Å². The Morgan fingerprint density at radius 1 is 0.917 bits per heavy atom. The van der Waals surface area contributed by atoms with Crippen LogP contribution in [0.5, 0.6) is 17.2 Å². The van der Waals surface area contributed by atoms with E-state index in [1.54, 1.807) is 0 Å². The van der Waals surface area contributed by atoms with Crippen molar-refractivity contribution in [2.24, 2.45) is 0 Å². The molecule has 2 aliphatic rings. The molecule has 4 rings (SSSR count). The monoisotopic (exact) mass is 325 g/mol. The molecule has 0 saturated carbocycles. The molecule has 126 valence electrons. The Hall–Kier alpha value is -2.20. The van der Waals surface area contributed by atoms with Gasteiger partial charge in [0.25, 0.3) is 0 Å². The number of hydrogen-bond acceptors (Lipinski definition) is 4. The lowest BCUT2D eigenvalue weighted by molar-refractivity contribution is 0.156. The molecule has 1 saturated heterocycles. The van der Waals surface area contributed by atoms with Gasteiger partial charge < -0.3 is 14.2 Å². The van der Waals surface area contributed by atoms with Gasteiger partial charge in [-0.25, -0.2) is 0 Å². The summed E-state index contributed by atoms with van der Waals surface area (Å²) >= 11 is 0. The van der Waals surface area contributed by atoms with Gasteiger partial charge in [-0.05, 0) is 43.6 Å². The molecule has 24 heavy (non-hydrogen) atoms. The first-order valence-corrected chi connectivity index (χ1v) is 8.71. The standard InChI is InChI=1S/C20H23NO3/c1-2-6-16(7-3-1)18(21-10-4-5-11-21)15-24-17-8-9-19-20(14-17)23-13-12-22-19/h1-3,6-9,14,18H,4-5,10-13,15H2. The molecule has 0 bridgehead atoms. The first-order chi connectivity index (χ1) is 11.9. The zero-order valence-electron chi connectivity index (χ0n) is 13.8. The van der Waals surface area contributed by atoms with E-state index in [1.807, 2.05) is 18.2 Å². The third kappa shape index (κ3) is 3.34. The zero-order chi connectivity index (χ0) is 16.2. The van der Waals surface area contributed by atoms with Gasteiger partial charge in [-0.1, -0.05) is 30.3 Å². The van der Waals surface area contributed by atoms with Crippen molar-refractivity contribution in [2.45, 2.75) is 18.9 Å². The molecule has 0 aromatic heterocycles. The smallest absolute Gasteiger partial charge is 0.165 e. The number of likely N-dealkylation sites (tertiary alicyclic amines) is 1. The van der Waals surface area contributed by atoms with E-state index in [0.717, 1.165) is 30.3 Å². The second kappa shape index (κ2) is 7.14. The third-order valence-electron chi connectivity index (χ3n) is 4.69. The van der Waals surface area contributed by atoms with Crippen molar-refractivity contribution >= 4 is 0 Å². The predicted octanol–water partition coefficient (Wildman–Crippen LogP) is 3.67. The second-order valence-electron chi connectivity index (χ2n) is 6.29. The van der Waals surface area contributed by atoms with Crippen LogP contribution in [0.3, 0.4) is 0 Å². The minimum absolute atomic E-state index is 0.293. The largest absolute Gasteiger partial charge is 0.491 e. The summed E-state index contributed by atoms with van der Waals surface area (Å²) in [6, 6.07) is 16.8. The molecule has 0 amide bonds. The van der Waals surface area contributed by atoms with E-state index in [2.05, 4.69) is 35.2 Å². The van der Waals surface area contributed by atoms with Gasteiger partial charge >= 0.3 is 0 Å². The quantitative estimate of drug-likeness (QED) is 0.839. The first-order valence-electron chi connectivity index (χ1n) is 8.71. The SMILES string of the molecule is c1ccc(C(COc2ccc3c(c2)OCCO3)N2CCCC2)cc1. The molecule has 4 nitrogen and oxygen atoms in total. The summed E-state index contributed by atoms with van der Waals surface area (Å²) in [5.74, 6) is 2.41. The molecule has 0 N–H and O–H groups in total. The topological polar surface area (TPSA) is 30.9 Å². The molecule has 0 spiro atoms. The summed E-state index contributed by atoms with van der Waals surface area (Å²) < 4.78 is 17.3. The van der Waals surface area contributed by atoms with Gasteiger partial charge in [-0.2, -0.15) is 0 Å². The predicted molar refractivity (Wildman–Crippen MR) is 92.9 cm³/mol. The number of hydrogen-bond donors (Lipinski definition) is 0. The zero-order valence-corrected chi connectivity index (χ0v) is 13.8. The summed E-state index contributed by atoms with van der Waals surface area (Å²) in [5.41, 5.74) is 1.32. The fraction of sp³-hybridized carbons (Fsp3) is 0.400. The minimum atomic E-state index is 0.293. The summed E-state index contributed by atoms with van der Waals surface area (Å²) in [6.07, 6.45) is 2.54. The Labute approximate surface area is 142 Å². The van der Waals surface area contributed by atoms with Crippen molar-refractivity contribution in [3.8, 4) is 17.2 Å². The third-order valence-corrected chi connectivity index (χ3v) is 4.69. The molecule has 0 radical (unpaired) electrons. The molecule has 2 heterocycles. The Kier molecular flexibility index (Phi) is 4.56. The van der Waals surface area contributed by atoms with Crippen LogP contribution in [0.2, 0.25) is 0 Å². The van der Waals surface area contributed by atoms with Crippen LogP contribution in [0.25, 0.3) is 0 Å². The number of fused-ring (bicyclic) bond motifs is 1. The summed E-state index contributed by atoms with van der Waals surface area (Å²) in [7, 11) is 0. The van der Waals surface area contributed by atoms with Gasteiger partial charge in [-0.3, -0.25) is 4.90 Å². The Morgan fingerprint density at radius 3 is 2.46 bits per heavy atom. The van der Waals surface area contributed by atoms with Crippen LogP contribution in [0.1, 0.15) is 24.4 Å². The average Bonchev–Trinajstić information content (AvgIpc) is 3.17. The van der Waals surface area contributed by atoms with E-state index in [0.29, 0.717) is 25.9 Å². The average molecular weight is 325 g/mol. The highest BCUT2D eigenvalue weighted by atomic mass is 16.6. The highest BCUT2D eigenvalue weighted by Gasteiger charge is 2.24. The first kappa shape index (κ1) is 15.3. The minimum Gasteiger partial charge on any atom is -0.491 e. The molecule has 2 aromatic carbocycles. The number of benzene rings is 2. The van der Waals surface area contributed by atoms with E-state index in [-0.39, 0.29) is 0 Å². The number of nitrogens with zero attached hydrogens (tertiary/aromatic N) is 1.